The first kappa shape index (κ1) is 16.6. The van der Waals surface area contributed by atoms with Crippen molar-refractivity contribution in [3.05, 3.63) is 28.2 Å². The molecule has 1 aliphatic heterocycles. The molecular formula is C16H19Cl2N3O2. The van der Waals surface area contributed by atoms with E-state index < -0.39 is 6.04 Å². The number of amides is 2. The second-order valence-electron chi connectivity index (χ2n) is 6.10. The van der Waals surface area contributed by atoms with Crippen LogP contribution in [0, 0.1) is 0 Å². The zero-order valence-electron chi connectivity index (χ0n) is 12.6. The van der Waals surface area contributed by atoms with E-state index in [-0.39, 0.29) is 30.3 Å². The van der Waals surface area contributed by atoms with Gasteiger partial charge in [0.25, 0.3) is 0 Å². The topological polar surface area (TPSA) is 70.2 Å². The molecule has 1 saturated carbocycles. The molecule has 0 spiro atoms. The number of carbonyl (C=O) groups excluding carboxylic acids is 2. The summed E-state index contributed by atoms with van der Waals surface area (Å²) in [4.78, 5) is 24.4. The monoisotopic (exact) mass is 355 g/mol. The van der Waals surface area contributed by atoms with Gasteiger partial charge < -0.3 is 16.0 Å². The summed E-state index contributed by atoms with van der Waals surface area (Å²) in [7, 11) is 0. The molecule has 124 valence electrons. The molecule has 0 bridgehead atoms. The molecule has 1 heterocycles. The van der Waals surface area contributed by atoms with Gasteiger partial charge in [0.1, 0.15) is 0 Å². The number of anilines is 1. The van der Waals surface area contributed by atoms with E-state index in [1.54, 1.807) is 18.2 Å². The van der Waals surface area contributed by atoms with Gasteiger partial charge in [0.05, 0.1) is 23.2 Å². The van der Waals surface area contributed by atoms with Crippen LogP contribution in [0.3, 0.4) is 0 Å². The zero-order chi connectivity index (χ0) is 16.4. The molecule has 1 aromatic rings. The fourth-order valence-corrected chi connectivity index (χ4v) is 3.71. The van der Waals surface area contributed by atoms with Crippen molar-refractivity contribution in [1.82, 2.24) is 10.6 Å². The summed E-state index contributed by atoms with van der Waals surface area (Å²) in [5, 5.41) is 9.96. The molecule has 23 heavy (non-hydrogen) atoms. The second-order valence-corrected chi connectivity index (χ2v) is 6.95. The van der Waals surface area contributed by atoms with Crippen molar-refractivity contribution in [2.45, 2.75) is 50.2 Å². The van der Waals surface area contributed by atoms with Crippen molar-refractivity contribution < 1.29 is 9.59 Å². The van der Waals surface area contributed by atoms with Crippen LogP contribution in [-0.2, 0) is 9.59 Å². The van der Waals surface area contributed by atoms with E-state index in [2.05, 4.69) is 16.0 Å². The molecule has 1 aliphatic carbocycles. The van der Waals surface area contributed by atoms with Gasteiger partial charge in [-0.1, -0.05) is 36.0 Å². The molecule has 3 rings (SSSR count). The second kappa shape index (κ2) is 7.07. The molecule has 1 aromatic carbocycles. The lowest BCUT2D eigenvalue weighted by molar-refractivity contribution is -0.129. The van der Waals surface area contributed by atoms with E-state index in [4.69, 9.17) is 23.2 Å². The van der Waals surface area contributed by atoms with E-state index in [0.717, 1.165) is 25.7 Å². The third kappa shape index (κ3) is 3.97. The molecule has 0 unspecified atom stereocenters. The Bertz CT molecular complexity index is 623. The molecule has 0 radical (unpaired) electrons. The summed E-state index contributed by atoms with van der Waals surface area (Å²) in [5.41, 5.74) is 0.493. The molecule has 2 amide bonds. The maximum Gasteiger partial charge on any atom is 0.237 e. The summed E-state index contributed by atoms with van der Waals surface area (Å²) < 4.78 is 0. The lowest BCUT2D eigenvalue weighted by Gasteiger charge is -2.40. The first-order chi connectivity index (χ1) is 11.0. The van der Waals surface area contributed by atoms with Gasteiger partial charge in [0, 0.05) is 17.1 Å². The molecule has 1 saturated heterocycles. The number of halogens is 2. The smallest absolute Gasteiger partial charge is 0.237 e. The molecule has 0 aromatic heterocycles. The van der Waals surface area contributed by atoms with Crippen molar-refractivity contribution in [1.29, 1.82) is 0 Å². The highest BCUT2D eigenvalue weighted by atomic mass is 35.5. The van der Waals surface area contributed by atoms with Crippen molar-refractivity contribution in [2.75, 3.05) is 5.32 Å². The van der Waals surface area contributed by atoms with Crippen LogP contribution in [0.2, 0.25) is 10.0 Å². The average Bonchev–Trinajstić information content (AvgIpc) is 2.51. The van der Waals surface area contributed by atoms with Crippen molar-refractivity contribution in [3.8, 4) is 0 Å². The summed E-state index contributed by atoms with van der Waals surface area (Å²) >= 11 is 11.9. The molecule has 5 nitrogen and oxygen atoms in total. The lowest BCUT2D eigenvalue weighted by atomic mass is 9.87. The SMILES string of the molecule is O=C(C[C@H]1N[C@@H]2CCCC[C@@H]2NC1=O)Nc1ccc(Cl)cc1Cl. The average molecular weight is 356 g/mol. The van der Waals surface area contributed by atoms with Crippen LogP contribution in [-0.4, -0.2) is 29.9 Å². The number of benzene rings is 1. The summed E-state index contributed by atoms with van der Waals surface area (Å²) in [6.07, 6.45) is 4.41. The Hall–Kier alpha value is -1.30. The Morgan fingerprint density at radius 1 is 1.22 bits per heavy atom. The fraction of sp³-hybridized carbons (Fsp3) is 0.500. The van der Waals surface area contributed by atoms with E-state index >= 15 is 0 Å². The van der Waals surface area contributed by atoms with Gasteiger partial charge in [0.15, 0.2) is 0 Å². The van der Waals surface area contributed by atoms with Gasteiger partial charge in [-0.15, -0.1) is 0 Å². The van der Waals surface area contributed by atoms with E-state index in [9.17, 15) is 9.59 Å². The predicted molar refractivity (Wildman–Crippen MR) is 90.8 cm³/mol. The van der Waals surface area contributed by atoms with Crippen LogP contribution >= 0.6 is 23.2 Å². The number of nitrogens with one attached hydrogen (secondary N) is 3. The largest absolute Gasteiger partial charge is 0.350 e. The highest BCUT2D eigenvalue weighted by Gasteiger charge is 2.36. The van der Waals surface area contributed by atoms with Crippen LogP contribution in [0.4, 0.5) is 5.69 Å². The maximum atomic E-state index is 12.2. The fourth-order valence-electron chi connectivity index (χ4n) is 3.25. The number of fused-ring (bicyclic) bond motifs is 1. The summed E-state index contributed by atoms with van der Waals surface area (Å²) in [5.74, 6) is -0.360. The highest BCUT2D eigenvalue weighted by Crippen LogP contribution is 2.26. The van der Waals surface area contributed by atoms with Crippen LogP contribution < -0.4 is 16.0 Å². The highest BCUT2D eigenvalue weighted by molar-refractivity contribution is 6.36. The minimum absolute atomic E-state index is 0.0774. The van der Waals surface area contributed by atoms with Gasteiger partial charge >= 0.3 is 0 Å². The Kier molecular flexibility index (Phi) is 5.09. The normalized spacial score (nSPS) is 27.0. The quantitative estimate of drug-likeness (QED) is 0.780. The minimum Gasteiger partial charge on any atom is -0.350 e. The minimum atomic E-state index is -0.500. The molecule has 7 heteroatoms. The van der Waals surface area contributed by atoms with Gasteiger partial charge in [-0.25, -0.2) is 0 Å². The molecule has 2 aliphatic rings. The molecule has 3 atom stereocenters. The molecule has 2 fully saturated rings. The number of rotatable bonds is 3. The third-order valence-electron chi connectivity index (χ3n) is 4.42. The van der Waals surface area contributed by atoms with Crippen LogP contribution in [0.15, 0.2) is 18.2 Å². The van der Waals surface area contributed by atoms with E-state index in [1.165, 1.54) is 0 Å². The Labute approximate surface area is 145 Å². The van der Waals surface area contributed by atoms with Crippen LogP contribution in [0.5, 0.6) is 0 Å². The Balaban J connectivity index is 1.59. The zero-order valence-corrected chi connectivity index (χ0v) is 14.1. The van der Waals surface area contributed by atoms with Gasteiger partial charge in [-0.2, -0.15) is 0 Å². The first-order valence-corrected chi connectivity index (χ1v) is 8.60. The van der Waals surface area contributed by atoms with E-state index in [1.807, 2.05) is 0 Å². The standard InChI is InChI=1S/C16H19Cl2N3O2/c17-9-5-6-11(10(18)7-9)20-15(22)8-14-16(23)21-13-4-2-1-3-12(13)19-14/h5-7,12-14,19H,1-4,8H2,(H,20,22)(H,21,23)/t12-,13+,14-/m1/s1. The van der Waals surface area contributed by atoms with Gasteiger partial charge in [0.2, 0.25) is 11.8 Å². The van der Waals surface area contributed by atoms with Crippen molar-refractivity contribution >= 4 is 40.7 Å². The van der Waals surface area contributed by atoms with Crippen LogP contribution in [0.1, 0.15) is 32.1 Å². The van der Waals surface area contributed by atoms with Crippen LogP contribution in [0.25, 0.3) is 0 Å². The number of hydrogen-bond donors (Lipinski definition) is 3. The molecule has 3 N–H and O–H groups in total. The number of hydrogen-bond acceptors (Lipinski definition) is 3. The summed E-state index contributed by atoms with van der Waals surface area (Å²) in [6.45, 7) is 0. The lowest BCUT2D eigenvalue weighted by Crippen LogP contribution is -2.65. The molecular weight excluding hydrogens is 337 g/mol. The van der Waals surface area contributed by atoms with Gasteiger partial charge in [-0.3, -0.25) is 9.59 Å². The maximum absolute atomic E-state index is 12.2. The van der Waals surface area contributed by atoms with Gasteiger partial charge in [-0.05, 0) is 31.0 Å². The Morgan fingerprint density at radius 3 is 2.70 bits per heavy atom. The summed E-state index contributed by atoms with van der Waals surface area (Å²) in [6, 6.07) is 4.83. The van der Waals surface area contributed by atoms with E-state index in [0.29, 0.717) is 15.7 Å². The number of carbonyl (C=O) groups is 2. The first-order valence-electron chi connectivity index (χ1n) is 7.84. The van der Waals surface area contributed by atoms with Crippen molar-refractivity contribution in [3.63, 3.8) is 0 Å². The number of piperazine rings is 1. The predicted octanol–water partition coefficient (Wildman–Crippen LogP) is 2.72. The Morgan fingerprint density at radius 2 is 1.96 bits per heavy atom. The third-order valence-corrected chi connectivity index (χ3v) is 4.97. The van der Waals surface area contributed by atoms with Crippen molar-refractivity contribution in [2.24, 2.45) is 0 Å².